The highest BCUT2D eigenvalue weighted by Crippen LogP contribution is 2.12. The smallest absolute Gasteiger partial charge is 0.239 e. The quantitative estimate of drug-likeness (QED) is 0.821. The molecule has 0 bridgehead atoms. The first kappa shape index (κ1) is 14.5. The number of nitrogens with zero attached hydrogens (tertiary/aromatic N) is 1. The zero-order valence-corrected chi connectivity index (χ0v) is 11.5. The first-order valence-electron chi connectivity index (χ1n) is 7.00. The average Bonchev–Trinajstić information content (AvgIpc) is 2.70. The monoisotopic (exact) mass is 275 g/mol. The number of nitrogens with two attached hydrogens (primary N) is 1. The predicted octanol–water partition coefficient (Wildman–Crippen LogP) is 0.152. The second-order valence-electron chi connectivity index (χ2n) is 5.09. The zero-order valence-electron chi connectivity index (χ0n) is 11.5. The van der Waals surface area contributed by atoms with Gasteiger partial charge in [0.05, 0.1) is 12.5 Å². The normalized spacial score (nSPS) is 17.2. The molecule has 2 amide bonds. The Hall–Kier alpha value is -1.88. The van der Waals surface area contributed by atoms with E-state index in [4.69, 9.17) is 5.73 Å². The third-order valence-electron chi connectivity index (χ3n) is 3.53. The van der Waals surface area contributed by atoms with Crippen molar-refractivity contribution in [1.82, 2.24) is 10.2 Å². The molecule has 1 aliphatic heterocycles. The van der Waals surface area contributed by atoms with Crippen molar-refractivity contribution in [3.05, 3.63) is 35.9 Å². The van der Waals surface area contributed by atoms with Gasteiger partial charge in [0.25, 0.3) is 0 Å². The van der Waals surface area contributed by atoms with Crippen LogP contribution in [0, 0.1) is 5.92 Å². The van der Waals surface area contributed by atoms with Crippen LogP contribution < -0.4 is 11.1 Å². The van der Waals surface area contributed by atoms with Crippen molar-refractivity contribution < 1.29 is 9.59 Å². The van der Waals surface area contributed by atoms with Crippen LogP contribution in [0.1, 0.15) is 12.0 Å². The molecule has 1 unspecified atom stereocenters. The van der Waals surface area contributed by atoms with Gasteiger partial charge in [0.15, 0.2) is 0 Å². The molecule has 1 aromatic rings. The van der Waals surface area contributed by atoms with Gasteiger partial charge in [0.1, 0.15) is 0 Å². The van der Waals surface area contributed by atoms with Crippen molar-refractivity contribution in [1.29, 1.82) is 0 Å². The Bertz CT molecular complexity index is 461. The molecule has 1 atom stereocenters. The molecule has 0 aromatic heterocycles. The lowest BCUT2D eigenvalue weighted by Crippen LogP contribution is -2.43. The molecule has 0 spiro atoms. The summed E-state index contributed by atoms with van der Waals surface area (Å²) in [6.45, 7) is 1.69. The number of carbonyl (C=O) groups is 2. The average molecular weight is 275 g/mol. The predicted molar refractivity (Wildman–Crippen MR) is 76.9 cm³/mol. The molecule has 3 N–H and O–H groups in total. The maximum absolute atomic E-state index is 12.5. The molecule has 1 aromatic carbocycles. The molecule has 5 nitrogen and oxygen atoms in total. The molecule has 0 aliphatic carbocycles. The highest BCUT2D eigenvalue weighted by molar-refractivity contribution is 5.86. The van der Waals surface area contributed by atoms with Gasteiger partial charge in [-0.2, -0.15) is 0 Å². The molecular weight excluding hydrogens is 254 g/mol. The number of hydrogen-bond acceptors (Lipinski definition) is 3. The molecular formula is C15H21N3O2. The summed E-state index contributed by atoms with van der Waals surface area (Å²) < 4.78 is 0. The molecule has 0 saturated carbocycles. The van der Waals surface area contributed by atoms with Gasteiger partial charge in [0.2, 0.25) is 11.8 Å². The summed E-state index contributed by atoms with van der Waals surface area (Å²) in [5.41, 5.74) is 6.85. The summed E-state index contributed by atoms with van der Waals surface area (Å²) in [4.78, 5) is 25.7. The van der Waals surface area contributed by atoms with E-state index in [0.717, 1.165) is 12.0 Å². The molecule has 1 fully saturated rings. The molecule has 0 radical (unpaired) electrons. The fourth-order valence-corrected chi connectivity index (χ4v) is 2.42. The number of carbonyl (C=O) groups excluding carboxylic acids is 2. The first-order valence-corrected chi connectivity index (χ1v) is 7.00. The third-order valence-corrected chi connectivity index (χ3v) is 3.53. The van der Waals surface area contributed by atoms with Gasteiger partial charge in [-0.25, -0.2) is 0 Å². The summed E-state index contributed by atoms with van der Waals surface area (Å²) in [6, 6.07) is 9.83. The van der Waals surface area contributed by atoms with E-state index in [1.165, 1.54) is 0 Å². The van der Waals surface area contributed by atoms with E-state index in [1.807, 2.05) is 30.3 Å². The minimum absolute atomic E-state index is 0.0200. The molecule has 5 heteroatoms. The van der Waals surface area contributed by atoms with Crippen molar-refractivity contribution in [2.75, 3.05) is 26.2 Å². The summed E-state index contributed by atoms with van der Waals surface area (Å²) in [5.74, 6) is -0.372. The van der Waals surface area contributed by atoms with E-state index in [1.54, 1.807) is 4.90 Å². The molecule has 1 aliphatic rings. The first-order chi connectivity index (χ1) is 9.70. The number of nitrogens with one attached hydrogen (secondary N) is 1. The molecule has 1 heterocycles. The van der Waals surface area contributed by atoms with Crippen molar-refractivity contribution in [2.45, 2.75) is 12.8 Å². The van der Waals surface area contributed by atoms with Crippen molar-refractivity contribution in [3.8, 4) is 0 Å². The molecule has 2 rings (SSSR count). The Labute approximate surface area is 119 Å². The Morgan fingerprint density at radius 2 is 2.10 bits per heavy atom. The van der Waals surface area contributed by atoms with Crippen LogP contribution in [0.5, 0.6) is 0 Å². The van der Waals surface area contributed by atoms with Crippen LogP contribution in [0.15, 0.2) is 30.3 Å². The lowest BCUT2D eigenvalue weighted by molar-refractivity contribution is -0.138. The van der Waals surface area contributed by atoms with E-state index < -0.39 is 0 Å². The fourth-order valence-electron chi connectivity index (χ4n) is 2.42. The minimum Gasteiger partial charge on any atom is -0.354 e. The lowest BCUT2D eigenvalue weighted by atomic mass is 9.98. The number of benzene rings is 1. The molecule has 20 heavy (non-hydrogen) atoms. The van der Waals surface area contributed by atoms with Crippen LogP contribution >= 0.6 is 0 Å². The Morgan fingerprint density at radius 1 is 1.35 bits per heavy atom. The van der Waals surface area contributed by atoms with Gasteiger partial charge in [-0.1, -0.05) is 30.3 Å². The highest BCUT2D eigenvalue weighted by atomic mass is 16.2. The van der Waals surface area contributed by atoms with E-state index in [-0.39, 0.29) is 24.3 Å². The van der Waals surface area contributed by atoms with E-state index in [2.05, 4.69) is 5.32 Å². The van der Waals surface area contributed by atoms with Gasteiger partial charge in [0, 0.05) is 19.6 Å². The number of rotatable bonds is 4. The summed E-state index contributed by atoms with van der Waals surface area (Å²) in [6.07, 6.45) is 1.41. The second kappa shape index (κ2) is 7.05. The van der Waals surface area contributed by atoms with Gasteiger partial charge >= 0.3 is 0 Å². The standard InChI is InChI=1S/C15H21N3O2/c16-10-13(9-12-5-2-1-3-6-12)15(20)18-8-4-7-17-14(19)11-18/h1-3,5-6,13H,4,7-11,16H2,(H,17,19). The van der Waals surface area contributed by atoms with Crippen LogP contribution in [0.2, 0.25) is 0 Å². The molecule has 108 valence electrons. The van der Waals surface area contributed by atoms with Gasteiger partial charge < -0.3 is 16.0 Å². The highest BCUT2D eigenvalue weighted by Gasteiger charge is 2.26. The summed E-state index contributed by atoms with van der Waals surface area (Å²) in [7, 11) is 0. The number of amides is 2. The van der Waals surface area contributed by atoms with Gasteiger partial charge in [-0.3, -0.25) is 9.59 Å². The van der Waals surface area contributed by atoms with Gasteiger partial charge in [-0.05, 0) is 18.4 Å². The van der Waals surface area contributed by atoms with Crippen molar-refractivity contribution in [3.63, 3.8) is 0 Å². The third kappa shape index (κ3) is 3.81. The summed E-state index contributed by atoms with van der Waals surface area (Å²) in [5, 5.41) is 2.77. The second-order valence-corrected chi connectivity index (χ2v) is 5.09. The van der Waals surface area contributed by atoms with Crippen LogP contribution in [-0.2, 0) is 16.0 Å². The van der Waals surface area contributed by atoms with Crippen LogP contribution in [0.3, 0.4) is 0 Å². The SMILES string of the molecule is NCC(Cc1ccccc1)C(=O)N1CCCNC(=O)C1. The minimum atomic E-state index is -0.261. The fraction of sp³-hybridized carbons (Fsp3) is 0.467. The Balaban J connectivity index is 2.02. The lowest BCUT2D eigenvalue weighted by Gasteiger charge is -2.24. The summed E-state index contributed by atoms with van der Waals surface area (Å²) >= 11 is 0. The van der Waals surface area contributed by atoms with Crippen molar-refractivity contribution in [2.24, 2.45) is 11.7 Å². The largest absolute Gasteiger partial charge is 0.354 e. The topological polar surface area (TPSA) is 75.4 Å². The maximum atomic E-state index is 12.5. The number of hydrogen-bond donors (Lipinski definition) is 2. The molecule has 1 saturated heterocycles. The van der Waals surface area contributed by atoms with Crippen LogP contribution in [-0.4, -0.2) is 42.9 Å². The van der Waals surface area contributed by atoms with Gasteiger partial charge in [-0.15, -0.1) is 0 Å². The van der Waals surface area contributed by atoms with E-state index in [0.29, 0.717) is 26.1 Å². The zero-order chi connectivity index (χ0) is 14.4. The van der Waals surface area contributed by atoms with Crippen molar-refractivity contribution >= 4 is 11.8 Å². The van der Waals surface area contributed by atoms with Crippen LogP contribution in [0.25, 0.3) is 0 Å². The van der Waals surface area contributed by atoms with Crippen LogP contribution in [0.4, 0.5) is 0 Å². The Kier molecular flexibility index (Phi) is 5.12. The maximum Gasteiger partial charge on any atom is 0.239 e. The van der Waals surface area contributed by atoms with E-state index in [9.17, 15) is 9.59 Å². The Morgan fingerprint density at radius 3 is 2.80 bits per heavy atom. The van der Waals surface area contributed by atoms with E-state index >= 15 is 0 Å².